The van der Waals surface area contributed by atoms with Crippen molar-refractivity contribution in [3.8, 4) is 0 Å². The van der Waals surface area contributed by atoms with Crippen molar-refractivity contribution in [1.82, 2.24) is 20.2 Å². The molecule has 0 radical (unpaired) electrons. The summed E-state index contributed by atoms with van der Waals surface area (Å²) < 4.78 is 0. The van der Waals surface area contributed by atoms with Crippen LogP contribution in [0.1, 0.15) is 0 Å². The van der Waals surface area contributed by atoms with E-state index in [2.05, 4.69) is 25.1 Å². The van der Waals surface area contributed by atoms with Crippen LogP contribution in [0.3, 0.4) is 0 Å². The molecule has 5 nitrogen and oxygen atoms in total. The normalized spacial score (nSPS) is 23.1. The molecule has 1 aromatic rings. The topological polar surface area (TPSA) is 44.3 Å². The smallest absolute Gasteiger partial charge is 0.147 e. The number of nitrogens with zero attached hydrogens (tertiary/aromatic N) is 4. The van der Waals surface area contributed by atoms with Gasteiger partial charge in [0.2, 0.25) is 0 Å². The lowest BCUT2D eigenvalue weighted by atomic mass is 10.1. The lowest BCUT2D eigenvalue weighted by molar-refractivity contribution is 0.137. The van der Waals surface area contributed by atoms with Crippen LogP contribution in [0.25, 0.3) is 0 Å². The van der Waals surface area contributed by atoms with E-state index in [9.17, 15) is 0 Å². The van der Waals surface area contributed by atoms with E-state index in [1.165, 1.54) is 0 Å². The number of aromatic nitrogens is 2. The largest absolute Gasteiger partial charge is 0.353 e. The Labute approximate surface area is 95.5 Å². The summed E-state index contributed by atoms with van der Waals surface area (Å²) in [5.41, 5.74) is 0. The third kappa shape index (κ3) is 1.88. The molecule has 3 heterocycles. The molecule has 5 heteroatoms. The molecule has 2 fully saturated rings. The molecule has 1 aromatic heterocycles. The maximum Gasteiger partial charge on any atom is 0.147 e. The summed E-state index contributed by atoms with van der Waals surface area (Å²) in [6.07, 6.45) is 5.33. The Bertz CT molecular complexity index is 329. The summed E-state index contributed by atoms with van der Waals surface area (Å²) in [5.74, 6) is 1.01. The third-order valence-corrected chi connectivity index (χ3v) is 3.46. The van der Waals surface area contributed by atoms with E-state index in [1.807, 2.05) is 6.20 Å². The molecule has 0 saturated carbocycles. The van der Waals surface area contributed by atoms with Gasteiger partial charge >= 0.3 is 0 Å². The van der Waals surface area contributed by atoms with Crippen LogP contribution in [0.5, 0.6) is 0 Å². The van der Waals surface area contributed by atoms with Crippen molar-refractivity contribution >= 4 is 5.82 Å². The SMILES string of the molecule is c1cnc(N2CCN(C3CNC3)CC2)cn1. The van der Waals surface area contributed by atoms with Gasteiger partial charge in [-0.1, -0.05) is 0 Å². The Morgan fingerprint density at radius 3 is 2.50 bits per heavy atom. The van der Waals surface area contributed by atoms with Gasteiger partial charge in [0, 0.05) is 57.7 Å². The monoisotopic (exact) mass is 219 g/mol. The lowest BCUT2D eigenvalue weighted by Crippen LogP contribution is -2.61. The molecular weight excluding hydrogens is 202 g/mol. The second-order valence-electron chi connectivity index (χ2n) is 4.40. The quantitative estimate of drug-likeness (QED) is 0.731. The fourth-order valence-electron chi connectivity index (χ4n) is 2.30. The van der Waals surface area contributed by atoms with Gasteiger partial charge in [-0.15, -0.1) is 0 Å². The molecule has 0 unspecified atom stereocenters. The molecule has 2 aliphatic heterocycles. The summed E-state index contributed by atoms with van der Waals surface area (Å²) >= 11 is 0. The van der Waals surface area contributed by atoms with Crippen molar-refractivity contribution < 1.29 is 0 Å². The molecule has 1 N–H and O–H groups in total. The number of rotatable bonds is 2. The van der Waals surface area contributed by atoms with Crippen LogP contribution in [-0.4, -0.2) is 60.2 Å². The first kappa shape index (κ1) is 9.99. The second kappa shape index (κ2) is 4.35. The highest BCUT2D eigenvalue weighted by Crippen LogP contribution is 2.14. The van der Waals surface area contributed by atoms with Crippen molar-refractivity contribution in [3.05, 3.63) is 18.6 Å². The van der Waals surface area contributed by atoms with Crippen LogP contribution in [0.2, 0.25) is 0 Å². The molecular formula is C11H17N5. The van der Waals surface area contributed by atoms with Gasteiger partial charge in [-0.2, -0.15) is 0 Å². The van der Waals surface area contributed by atoms with E-state index in [1.54, 1.807) is 12.4 Å². The van der Waals surface area contributed by atoms with Crippen LogP contribution in [0.15, 0.2) is 18.6 Å². The molecule has 0 aliphatic carbocycles. The lowest BCUT2D eigenvalue weighted by Gasteiger charge is -2.43. The molecule has 2 aliphatic rings. The van der Waals surface area contributed by atoms with Crippen LogP contribution in [0.4, 0.5) is 5.82 Å². The molecule has 0 atom stereocenters. The van der Waals surface area contributed by atoms with Gasteiger partial charge in [-0.3, -0.25) is 9.88 Å². The summed E-state index contributed by atoms with van der Waals surface area (Å²) in [7, 11) is 0. The Kier molecular flexibility index (Phi) is 2.71. The second-order valence-corrected chi connectivity index (χ2v) is 4.40. The van der Waals surface area contributed by atoms with Crippen molar-refractivity contribution in [3.63, 3.8) is 0 Å². The van der Waals surface area contributed by atoms with Gasteiger partial charge in [0.1, 0.15) is 5.82 Å². The zero-order valence-corrected chi connectivity index (χ0v) is 9.34. The number of hydrogen-bond acceptors (Lipinski definition) is 5. The van der Waals surface area contributed by atoms with Crippen LogP contribution in [0, 0.1) is 0 Å². The maximum atomic E-state index is 4.34. The fourth-order valence-corrected chi connectivity index (χ4v) is 2.30. The van der Waals surface area contributed by atoms with E-state index in [0.29, 0.717) is 0 Å². The number of hydrogen-bond donors (Lipinski definition) is 1. The predicted molar refractivity (Wildman–Crippen MR) is 62.5 cm³/mol. The summed E-state index contributed by atoms with van der Waals surface area (Å²) in [6.45, 7) is 6.73. The third-order valence-electron chi connectivity index (χ3n) is 3.46. The first-order valence-electron chi connectivity index (χ1n) is 5.89. The zero-order chi connectivity index (χ0) is 10.8. The zero-order valence-electron chi connectivity index (χ0n) is 9.34. The van der Waals surface area contributed by atoms with Crippen molar-refractivity contribution in [2.45, 2.75) is 6.04 Å². The minimum atomic E-state index is 0.768. The average Bonchev–Trinajstić information content (AvgIpc) is 2.29. The standard InChI is InChI=1S/C11H17N5/c1-2-14-11(9-12-1)16-5-3-15(4-6-16)10-7-13-8-10/h1-2,9-10,13H,3-8H2. The van der Waals surface area contributed by atoms with Gasteiger partial charge in [-0.05, 0) is 0 Å². The Morgan fingerprint density at radius 1 is 1.12 bits per heavy atom. The van der Waals surface area contributed by atoms with Crippen LogP contribution < -0.4 is 10.2 Å². The van der Waals surface area contributed by atoms with Gasteiger partial charge in [-0.25, -0.2) is 4.98 Å². The van der Waals surface area contributed by atoms with Gasteiger partial charge in [0.15, 0.2) is 0 Å². The molecule has 0 spiro atoms. The van der Waals surface area contributed by atoms with E-state index in [4.69, 9.17) is 0 Å². The van der Waals surface area contributed by atoms with Crippen molar-refractivity contribution in [2.75, 3.05) is 44.2 Å². The predicted octanol–water partition coefficient (Wildman–Crippen LogP) is -0.430. The molecule has 86 valence electrons. The first-order valence-corrected chi connectivity index (χ1v) is 5.89. The Balaban J connectivity index is 1.58. The molecule has 0 aromatic carbocycles. The van der Waals surface area contributed by atoms with Gasteiger partial charge < -0.3 is 10.2 Å². The van der Waals surface area contributed by atoms with E-state index in [-0.39, 0.29) is 0 Å². The van der Waals surface area contributed by atoms with Crippen molar-refractivity contribution in [1.29, 1.82) is 0 Å². The highest BCUT2D eigenvalue weighted by atomic mass is 15.3. The summed E-state index contributed by atoms with van der Waals surface area (Å²) in [5, 5.41) is 3.32. The summed E-state index contributed by atoms with van der Waals surface area (Å²) in [6, 6.07) is 0.768. The molecule has 0 bridgehead atoms. The molecule has 2 saturated heterocycles. The van der Waals surface area contributed by atoms with Gasteiger partial charge in [0.05, 0.1) is 6.20 Å². The Hall–Kier alpha value is -1.20. The molecule has 16 heavy (non-hydrogen) atoms. The minimum Gasteiger partial charge on any atom is -0.353 e. The highest BCUT2D eigenvalue weighted by molar-refractivity contribution is 5.35. The minimum absolute atomic E-state index is 0.768. The maximum absolute atomic E-state index is 4.34. The van der Waals surface area contributed by atoms with Crippen LogP contribution in [-0.2, 0) is 0 Å². The highest BCUT2D eigenvalue weighted by Gasteiger charge is 2.27. The Morgan fingerprint density at radius 2 is 1.94 bits per heavy atom. The first-order chi connectivity index (χ1) is 7.93. The molecule has 3 rings (SSSR count). The molecule has 0 amide bonds. The van der Waals surface area contributed by atoms with Crippen LogP contribution >= 0.6 is 0 Å². The number of nitrogens with one attached hydrogen (secondary N) is 1. The average molecular weight is 219 g/mol. The van der Waals surface area contributed by atoms with E-state index >= 15 is 0 Å². The number of anilines is 1. The fraction of sp³-hybridized carbons (Fsp3) is 0.636. The number of piperazine rings is 1. The van der Waals surface area contributed by atoms with Gasteiger partial charge in [0.25, 0.3) is 0 Å². The van der Waals surface area contributed by atoms with E-state index in [0.717, 1.165) is 51.1 Å². The summed E-state index contributed by atoms with van der Waals surface area (Å²) in [4.78, 5) is 13.3. The van der Waals surface area contributed by atoms with Crippen molar-refractivity contribution in [2.24, 2.45) is 0 Å². The van der Waals surface area contributed by atoms with E-state index < -0.39 is 0 Å².